The molecule has 0 fully saturated rings. The molecule has 0 saturated carbocycles. The van der Waals surface area contributed by atoms with Crippen LogP contribution in [0.3, 0.4) is 0 Å². The van der Waals surface area contributed by atoms with Gasteiger partial charge in [-0.3, -0.25) is 0 Å². The van der Waals surface area contributed by atoms with Gasteiger partial charge >= 0.3 is 5.97 Å². The van der Waals surface area contributed by atoms with Gasteiger partial charge in [-0.2, -0.15) is 0 Å². The van der Waals surface area contributed by atoms with Gasteiger partial charge in [0.05, 0.1) is 7.11 Å². The molecule has 0 radical (unpaired) electrons. The van der Waals surface area contributed by atoms with Crippen molar-refractivity contribution in [3.63, 3.8) is 0 Å². The van der Waals surface area contributed by atoms with Crippen LogP contribution < -0.4 is 0 Å². The minimum Gasteiger partial charge on any atom is -0.507 e. The Bertz CT molecular complexity index is 529. The van der Waals surface area contributed by atoms with Crippen molar-refractivity contribution >= 4 is 17.1 Å². The molecule has 0 aliphatic rings. The molecule has 0 bridgehead atoms. The summed E-state index contributed by atoms with van der Waals surface area (Å²) in [7, 11) is 1.24. The molecule has 5 nitrogen and oxygen atoms in total. The predicted molar refractivity (Wildman–Crippen MR) is 51.8 cm³/mol. The van der Waals surface area contributed by atoms with E-state index in [1.807, 2.05) is 0 Å². The Labute approximate surface area is 85.3 Å². The van der Waals surface area contributed by atoms with Crippen LogP contribution in [0.25, 0.3) is 11.1 Å². The average molecular weight is 207 g/mol. The number of phenolic OH excluding ortho intramolecular Hbond substituents is 1. The number of ether oxygens (including phenoxy) is 1. The Morgan fingerprint density at radius 2 is 2.27 bits per heavy atom. The van der Waals surface area contributed by atoms with E-state index in [1.54, 1.807) is 13.0 Å². The number of oxazole rings is 1. The largest absolute Gasteiger partial charge is 0.507 e. The first-order valence-electron chi connectivity index (χ1n) is 4.31. The molecule has 2 rings (SSSR count). The maximum atomic E-state index is 11.4. The zero-order chi connectivity index (χ0) is 11.0. The highest BCUT2D eigenvalue weighted by Gasteiger charge is 2.19. The molecule has 0 atom stereocenters. The molecule has 0 amide bonds. The highest BCUT2D eigenvalue weighted by atomic mass is 16.5. The zero-order valence-electron chi connectivity index (χ0n) is 8.27. The van der Waals surface area contributed by atoms with Crippen molar-refractivity contribution in [3.05, 3.63) is 23.6 Å². The van der Waals surface area contributed by atoms with Crippen molar-refractivity contribution in [2.24, 2.45) is 0 Å². The number of aromatic hydroxyl groups is 1. The topological polar surface area (TPSA) is 72.6 Å². The zero-order valence-corrected chi connectivity index (χ0v) is 8.27. The molecule has 1 aromatic heterocycles. The van der Waals surface area contributed by atoms with Crippen molar-refractivity contribution in [2.75, 3.05) is 7.11 Å². The summed E-state index contributed by atoms with van der Waals surface area (Å²) in [4.78, 5) is 15.4. The first-order chi connectivity index (χ1) is 7.13. The second kappa shape index (κ2) is 3.27. The number of esters is 1. The molecule has 0 saturated heterocycles. The summed E-state index contributed by atoms with van der Waals surface area (Å²) >= 11 is 0. The molecule has 1 heterocycles. The van der Waals surface area contributed by atoms with E-state index in [2.05, 4.69) is 9.72 Å². The number of methoxy groups -OCH3 is 1. The van der Waals surface area contributed by atoms with E-state index in [0.29, 0.717) is 11.4 Å². The third-order valence-corrected chi connectivity index (χ3v) is 2.03. The number of carbonyl (C=O) groups is 1. The van der Waals surface area contributed by atoms with Gasteiger partial charge in [0, 0.05) is 6.92 Å². The van der Waals surface area contributed by atoms with Gasteiger partial charge in [0.15, 0.2) is 11.5 Å². The molecule has 0 aliphatic heterocycles. The molecular weight excluding hydrogens is 198 g/mol. The lowest BCUT2D eigenvalue weighted by Gasteiger charge is -2.01. The summed E-state index contributed by atoms with van der Waals surface area (Å²) < 4.78 is 9.78. The minimum atomic E-state index is -0.644. The van der Waals surface area contributed by atoms with Crippen molar-refractivity contribution in [1.29, 1.82) is 0 Å². The first kappa shape index (κ1) is 9.51. The summed E-state index contributed by atoms with van der Waals surface area (Å²) in [6, 6.07) is 2.96. The van der Waals surface area contributed by atoms with Crippen LogP contribution in [0.1, 0.15) is 16.2 Å². The van der Waals surface area contributed by atoms with Crippen LogP contribution in [0.15, 0.2) is 16.5 Å². The number of hydrogen-bond donors (Lipinski definition) is 1. The minimum absolute atomic E-state index is 0.00981. The lowest BCUT2D eigenvalue weighted by atomic mass is 10.2. The SMILES string of the molecule is COC(=O)c1c(O)ccc2nc(C)oc12. The highest BCUT2D eigenvalue weighted by molar-refractivity contribution is 6.03. The van der Waals surface area contributed by atoms with Crippen LogP contribution in [0.4, 0.5) is 0 Å². The first-order valence-corrected chi connectivity index (χ1v) is 4.31. The van der Waals surface area contributed by atoms with E-state index < -0.39 is 5.97 Å². The van der Waals surface area contributed by atoms with Gasteiger partial charge in [-0.25, -0.2) is 9.78 Å². The number of aryl methyl sites for hydroxylation is 1. The number of benzene rings is 1. The fourth-order valence-corrected chi connectivity index (χ4v) is 1.39. The van der Waals surface area contributed by atoms with Crippen LogP contribution in [0.2, 0.25) is 0 Å². The standard InChI is InChI=1S/C10H9NO4/c1-5-11-6-3-4-7(12)8(9(6)15-5)10(13)14-2/h3-4,12H,1-2H3. The summed E-state index contributed by atoms with van der Waals surface area (Å²) in [6.45, 7) is 1.66. The van der Waals surface area contributed by atoms with Crippen LogP contribution >= 0.6 is 0 Å². The van der Waals surface area contributed by atoms with Crippen molar-refractivity contribution in [2.45, 2.75) is 6.92 Å². The van der Waals surface area contributed by atoms with Gasteiger partial charge in [-0.15, -0.1) is 0 Å². The molecule has 2 aromatic rings. The monoisotopic (exact) mass is 207 g/mol. The quantitative estimate of drug-likeness (QED) is 0.719. The maximum Gasteiger partial charge on any atom is 0.345 e. The highest BCUT2D eigenvalue weighted by Crippen LogP contribution is 2.28. The molecule has 0 unspecified atom stereocenters. The maximum absolute atomic E-state index is 11.4. The number of rotatable bonds is 1. The summed E-state index contributed by atoms with van der Waals surface area (Å²) in [5, 5.41) is 9.53. The van der Waals surface area contributed by atoms with Gasteiger partial charge in [-0.1, -0.05) is 0 Å². The van der Waals surface area contributed by atoms with Gasteiger partial charge < -0.3 is 14.3 Å². The van der Waals surface area contributed by atoms with E-state index in [-0.39, 0.29) is 16.9 Å². The number of aromatic nitrogens is 1. The van der Waals surface area contributed by atoms with Gasteiger partial charge in [-0.05, 0) is 12.1 Å². The van der Waals surface area contributed by atoms with Gasteiger partial charge in [0.25, 0.3) is 0 Å². The Morgan fingerprint density at radius 1 is 1.53 bits per heavy atom. The van der Waals surface area contributed by atoms with Crippen LogP contribution in [0.5, 0.6) is 5.75 Å². The lowest BCUT2D eigenvalue weighted by molar-refractivity contribution is 0.0598. The second-order valence-electron chi connectivity index (χ2n) is 3.03. The van der Waals surface area contributed by atoms with E-state index in [9.17, 15) is 9.90 Å². The van der Waals surface area contributed by atoms with E-state index in [4.69, 9.17) is 4.42 Å². The molecular formula is C10H9NO4. The number of nitrogens with zero attached hydrogens (tertiary/aromatic N) is 1. The summed E-state index contributed by atoms with van der Waals surface area (Å²) in [5.41, 5.74) is 0.778. The third kappa shape index (κ3) is 1.41. The van der Waals surface area contributed by atoms with E-state index in [0.717, 1.165) is 0 Å². The number of carbonyl (C=O) groups excluding carboxylic acids is 1. The lowest BCUT2D eigenvalue weighted by Crippen LogP contribution is -2.01. The molecule has 0 aliphatic carbocycles. The Balaban J connectivity index is 2.78. The predicted octanol–water partition coefficient (Wildman–Crippen LogP) is 1.63. The van der Waals surface area contributed by atoms with E-state index >= 15 is 0 Å². The molecule has 15 heavy (non-hydrogen) atoms. The van der Waals surface area contributed by atoms with E-state index in [1.165, 1.54) is 13.2 Å². The van der Waals surface area contributed by atoms with Crippen molar-refractivity contribution in [3.8, 4) is 5.75 Å². The molecule has 1 N–H and O–H groups in total. The normalized spacial score (nSPS) is 10.5. The summed E-state index contributed by atoms with van der Waals surface area (Å²) in [6.07, 6.45) is 0. The fourth-order valence-electron chi connectivity index (χ4n) is 1.39. The smallest absolute Gasteiger partial charge is 0.345 e. The molecule has 5 heteroatoms. The molecule has 1 aromatic carbocycles. The number of phenols is 1. The molecule has 78 valence electrons. The Morgan fingerprint density at radius 3 is 2.93 bits per heavy atom. The average Bonchev–Trinajstić information content (AvgIpc) is 2.57. The van der Waals surface area contributed by atoms with Crippen molar-refractivity contribution in [1.82, 2.24) is 4.98 Å². The summed E-state index contributed by atoms with van der Waals surface area (Å²) in [5.74, 6) is -0.388. The number of hydrogen-bond acceptors (Lipinski definition) is 5. The number of fused-ring (bicyclic) bond motifs is 1. The Hall–Kier alpha value is -2.04. The van der Waals surface area contributed by atoms with Crippen LogP contribution in [-0.2, 0) is 4.74 Å². The van der Waals surface area contributed by atoms with Gasteiger partial charge in [0.1, 0.15) is 16.8 Å². The van der Waals surface area contributed by atoms with Crippen LogP contribution in [0, 0.1) is 6.92 Å². The second-order valence-corrected chi connectivity index (χ2v) is 3.03. The van der Waals surface area contributed by atoms with Crippen LogP contribution in [-0.4, -0.2) is 23.2 Å². The molecule has 0 spiro atoms. The third-order valence-electron chi connectivity index (χ3n) is 2.03. The Kier molecular flexibility index (Phi) is 2.07. The fraction of sp³-hybridized carbons (Fsp3) is 0.200. The van der Waals surface area contributed by atoms with Crippen molar-refractivity contribution < 1.29 is 19.1 Å². The van der Waals surface area contributed by atoms with Gasteiger partial charge in [0.2, 0.25) is 0 Å².